The van der Waals surface area contributed by atoms with Crippen LogP contribution in [0.1, 0.15) is 5.76 Å². The molecule has 1 aliphatic rings. The number of thioether (sulfide) groups is 1. The SMILES string of the molecule is O=C(NCc1ccco1)C1CSc2nccc(=O)n2C1. The highest BCUT2D eigenvalue weighted by Gasteiger charge is 2.26. The number of carbonyl (C=O) groups is 1. The van der Waals surface area contributed by atoms with Crippen molar-refractivity contribution < 1.29 is 9.21 Å². The molecule has 2 aromatic rings. The highest BCUT2D eigenvalue weighted by Crippen LogP contribution is 2.24. The average molecular weight is 291 g/mol. The van der Waals surface area contributed by atoms with Gasteiger partial charge in [-0.3, -0.25) is 14.2 Å². The Bertz CT molecular complexity index is 666. The Morgan fingerprint density at radius 3 is 3.25 bits per heavy atom. The minimum absolute atomic E-state index is 0.0738. The third-order valence-corrected chi connectivity index (χ3v) is 4.26. The number of carbonyl (C=O) groups excluding carboxylic acids is 1. The topological polar surface area (TPSA) is 77.1 Å². The molecule has 2 aromatic heterocycles. The van der Waals surface area contributed by atoms with Crippen LogP contribution in [-0.4, -0.2) is 21.2 Å². The fourth-order valence-electron chi connectivity index (χ4n) is 2.04. The van der Waals surface area contributed by atoms with Crippen LogP contribution < -0.4 is 10.9 Å². The lowest BCUT2D eigenvalue weighted by molar-refractivity contribution is -0.125. The number of hydrogen-bond acceptors (Lipinski definition) is 5. The molecule has 0 saturated carbocycles. The van der Waals surface area contributed by atoms with Gasteiger partial charge in [-0.1, -0.05) is 11.8 Å². The molecule has 1 amide bonds. The lowest BCUT2D eigenvalue weighted by Gasteiger charge is -2.23. The standard InChI is InChI=1S/C13H13N3O3S/c17-11-3-4-14-13-16(11)7-9(8-20-13)12(18)15-6-10-2-1-5-19-10/h1-5,9H,6-8H2,(H,15,18). The van der Waals surface area contributed by atoms with Crippen LogP contribution in [-0.2, 0) is 17.9 Å². The van der Waals surface area contributed by atoms with Gasteiger partial charge in [-0.25, -0.2) is 4.98 Å². The first-order valence-electron chi connectivity index (χ1n) is 6.23. The molecule has 0 saturated heterocycles. The number of aromatic nitrogens is 2. The second-order valence-electron chi connectivity index (χ2n) is 4.48. The molecule has 6 nitrogen and oxygen atoms in total. The molecular formula is C13H13N3O3S. The number of hydrogen-bond donors (Lipinski definition) is 1. The van der Waals surface area contributed by atoms with E-state index >= 15 is 0 Å². The van der Waals surface area contributed by atoms with Crippen molar-refractivity contribution in [3.05, 3.63) is 46.8 Å². The van der Waals surface area contributed by atoms with Crippen molar-refractivity contribution in [3.8, 4) is 0 Å². The highest BCUT2D eigenvalue weighted by molar-refractivity contribution is 7.99. The van der Waals surface area contributed by atoms with Crippen molar-refractivity contribution >= 4 is 17.7 Å². The second-order valence-corrected chi connectivity index (χ2v) is 5.47. The summed E-state index contributed by atoms with van der Waals surface area (Å²) in [7, 11) is 0. The molecule has 104 valence electrons. The molecule has 0 fully saturated rings. The van der Waals surface area contributed by atoms with E-state index < -0.39 is 0 Å². The first kappa shape index (κ1) is 13.0. The molecule has 7 heteroatoms. The molecule has 0 spiro atoms. The van der Waals surface area contributed by atoms with Crippen molar-refractivity contribution in [3.63, 3.8) is 0 Å². The summed E-state index contributed by atoms with van der Waals surface area (Å²) in [5, 5.41) is 3.50. The van der Waals surface area contributed by atoms with Gasteiger partial charge in [0.2, 0.25) is 5.91 Å². The first-order valence-corrected chi connectivity index (χ1v) is 7.21. The summed E-state index contributed by atoms with van der Waals surface area (Å²) >= 11 is 1.43. The van der Waals surface area contributed by atoms with E-state index in [0.29, 0.717) is 29.8 Å². The second kappa shape index (κ2) is 5.54. The molecule has 3 rings (SSSR count). The maximum Gasteiger partial charge on any atom is 0.254 e. The number of rotatable bonds is 3. The smallest absolute Gasteiger partial charge is 0.254 e. The summed E-state index contributed by atoms with van der Waals surface area (Å²) in [6.45, 7) is 0.737. The zero-order valence-electron chi connectivity index (χ0n) is 10.6. The summed E-state index contributed by atoms with van der Waals surface area (Å²) in [6.07, 6.45) is 3.07. The minimum atomic E-state index is -0.232. The third-order valence-electron chi connectivity index (χ3n) is 3.10. The molecule has 3 heterocycles. The molecule has 0 bridgehead atoms. The summed E-state index contributed by atoms with van der Waals surface area (Å²) in [4.78, 5) is 28.0. The third kappa shape index (κ3) is 2.62. The predicted molar refractivity (Wildman–Crippen MR) is 73.3 cm³/mol. The Labute approximate surface area is 119 Å². The first-order chi connectivity index (χ1) is 9.74. The van der Waals surface area contributed by atoms with Crippen LogP contribution in [0, 0.1) is 5.92 Å². The molecule has 1 unspecified atom stereocenters. The van der Waals surface area contributed by atoms with Crippen molar-refractivity contribution in [1.82, 2.24) is 14.9 Å². The van der Waals surface area contributed by atoms with Gasteiger partial charge in [0.25, 0.3) is 5.56 Å². The Hall–Kier alpha value is -2.02. The summed E-state index contributed by atoms with van der Waals surface area (Å²) in [6, 6.07) is 4.99. The number of nitrogens with one attached hydrogen (secondary N) is 1. The molecular weight excluding hydrogens is 278 g/mol. The van der Waals surface area contributed by atoms with Crippen LogP contribution in [0.15, 0.2) is 45.0 Å². The van der Waals surface area contributed by atoms with Crippen molar-refractivity contribution in [2.75, 3.05) is 5.75 Å². The maximum absolute atomic E-state index is 12.1. The van der Waals surface area contributed by atoms with Gasteiger partial charge in [-0.2, -0.15) is 0 Å². The van der Waals surface area contributed by atoms with Crippen LogP contribution in [0.5, 0.6) is 0 Å². The van der Waals surface area contributed by atoms with E-state index in [2.05, 4.69) is 10.3 Å². The van der Waals surface area contributed by atoms with E-state index in [4.69, 9.17) is 4.42 Å². The largest absolute Gasteiger partial charge is 0.467 e. The van der Waals surface area contributed by atoms with Gasteiger partial charge < -0.3 is 9.73 Å². The van der Waals surface area contributed by atoms with E-state index in [1.165, 1.54) is 24.0 Å². The predicted octanol–water partition coefficient (Wildman–Crippen LogP) is 0.875. The molecule has 1 atom stereocenters. The van der Waals surface area contributed by atoms with E-state index in [-0.39, 0.29) is 17.4 Å². The Kier molecular flexibility index (Phi) is 3.60. The average Bonchev–Trinajstić information content (AvgIpc) is 2.98. The van der Waals surface area contributed by atoms with Crippen LogP contribution >= 0.6 is 11.8 Å². The van der Waals surface area contributed by atoms with Crippen LogP contribution in [0.3, 0.4) is 0 Å². The van der Waals surface area contributed by atoms with Crippen molar-refractivity contribution in [2.24, 2.45) is 5.92 Å². The van der Waals surface area contributed by atoms with Gasteiger partial charge in [-0.15, -0.1) is 0 Å². The van der Waals surface area contributed by atoms with Gasteiger partial charge in [0.1, 0.15) is 5.76 Å². The van der Waals surface area contributed by atoms with Crippen LogP contribution in [0.25, 0.3) is 0 Å². The quantitative estimate of drug-likeness (QED) is 0.849. The summed E-state index contributed by atoms with van der Waals surface area (Å²) < 4.78 is 6.71. The lowest BCUT2D eigenvalue weighted by Crippen LogP contribution is -2.39. The van der Waals surface area contributed by atoms with E-state index in [0.717, 1.165) is 0 Å². The van der Waals surface area contributed by atoms with Gasteiger partial charge in [-0.05, 0) is 12.1 Å². The number of fused-ring (bicyclic) bond motifs is 1. The molecule has 0 aromatic carbocycles. The lowest BCUT2D eigenvalue weighted by atomic mass is 10.1. The van der Waals surface area contributed by atoms with Crippen LogP contribution in [0.2, 0.25) is 0 Å². The highest BCUT2D eigenvalue weighted by atomic mass is 32.2. The molecule has 0 radical (unpaired) electrons. The van der Waals surface area contributed by atoms with Crippen molar-refractivity contribution in [1.29, 1.82) is 0 Å². The Balaban J connectivity index is 1.66. The van der Waals surface area contributed by atoms with Crippen molar-refractivity contribution in [2.45, 2.75) is 18.2 Å². The molecule has 1 aliphatic heterocycles. The van der Waals surface area contributed by atoms with Gasteiger partial charge in [0.05, 0.1) is 18.7 Å². The molecule has 0 aliphatic carbocycles. The summed E-state index contributed by atoms with van der Waals surface area (Å²) in [5.74, 6) is 1.03. The number of furan rings is 1. The Morgan fingerprint density at radius 2 is 2.45 bits per heavy atom. The zero-order chi connectivity index (χ0) is 13.9. The van der Waals surface area contributed by atoms with Gasteiger partial charge >= 0.3 is 0 Å². The summed E-state index contributed by atoms with van der Waals surface area (Å²) in [5.41, 5.74) is -0.119. The van der Waals surface area contributed by atoms with E-state index in [1.807, 2.05) is 0 Å². The zero-order valence-corrected chi connectivity index (χ0v) is 11.4. The number of nitrogens with zero attached hydrogens (tertiary/aromatic N) is 2. The normalized spacial score (nSPS) is 17.5. The molecule has 20 heavy (non-hydrogen) atoms. The number of amides is 1. The van der Waals surface area contributed by atoms with Gasteiger partial charge in [0.15, 0.2) is 5.16 Å². The Morgan fingerprint density at radius 1 is 1.55 bits per heavy atom. The van der Waals surface area contributed by atoms with E-state index in [9.17, 15) is 9.59 Å². The van der Waals surface area contributed by atoms with Crippen LogP contribution in [0.4, 0.5) is 0 Å². The maximum atomic E-state index is 12.1. The molecule has 1 N–H and O–H groups in total. The fourth-order valence-corrected chi connectivity index (χ4v) is 3.10. The van der Waals surface area contributed by atoms with Gasteiger partial charge in [0, 0.05) is 24.6 Å². The fraction of sp³-hybridized carbons (Fsp3) is 0.308. The minimum Gasteiger partial charge on any atom is -0.467 e. The monoisotopic (exact) mass is 291 g/mol. The van der Waals surface area contributed by atoms with E-state index in [1.54, 1.807) is 23.0 Å².